The second-order valence-corrected chi connectivity index (χ2v) is 4.81. The van der Waals surface area contributed by atoms with Gasteiger partial charge in [-0.1, -0.05) is 6.92 Å². The average Bonchev–Trinajstić information content (AvgIpc) is 2.68. The van der Waals surface area contributed by atoms with Gasteiger partial charge in [0, 0.05) is 6.54 Å². The summed E-state index contributed by atoms with van der Waals surface area (Å²) >= 11 is 0. The van der Waals surface area contributed by atoms with Gasteiger partial charge >= 0.3 is 5.69 Å². The summed E-state index contributed by atoms with van der Waals surface area (Å²) in [6.45, 7) is 4.08. The third-order valence-corrected chi connectivity index (χ3v) is 3.58. The number of rotatable bonds is 3. The van der Waals surface area contributed by atoms with Crippen LogP contribution in [0.4, 0.5) is 17.5 Å². The topological polar surface area (TPSA) is 118 Å². The predicted molar refractivity (Wildman–Crippen MR) is 69.8 cm³/mol. The lowest BCUT2D eigenvalue weighted by Gasteiger charge is -2.26. The Bertz CT molecular complexity index is 507. The van der Waals surface area contributed by atoms with Crippen LogP contribution in [0, 0.1) is 23.0 Å². The number of aliphatic hydroxyl groups is 1. The van der Waals surface area contributed by atoms with Gasteiger partial charge in [-0.25, -0.2) is 4.98 Å². The Balaban J connectivity index is 2.52. The Morgan fingerprint density at radius 1 is 1.58 bits per heavy atom. The first-order chi connectivity index (χ1) is 8.95. The molecule has 0 aromatic carbocycles. The molecule has 2 atom stereocenters. The Labute approximate surface area is 110 Å². The summed E-state index contributed by atoms with van der Waals surface area (Å²) in [5, 5.41) is 20.6. The molecule has 2 unspecified atom stereocenters. The fourth-order valence-corrected chi connectivity index (χ4v) is 2.54. The van der Waals surface area contributed by atoms with Gasteiger partial charge in [0.2, 0.25) is 11.8 Å². The first kappa shape index (κ1) is 13.5. The number of aromatic nitrogens is 2. The highest BCUT2D eigenvalue weighted by molar-refractivity contribution is 5.63. The molecule has 3 N–H and O–H groups in total. The second kappa shape index (κ2) is 4.96. The maximum absolute atomic E-state index is 11.2. The van der Waals surface area contributed by atoms with Gasteiger partial charge in [-0.05, 0) is 19.3 Å². The lowest BCUT2D eigenvalue weighted by atomic mass is 10.0. The second-order valence-electron chi connectivity index (χ2n) is 4.81. The zero-order chi connectivity index (χ0) is 14.2. The molecule has 0 bridgehead atoms. The van der Waals surface area contributed by atoms with Crippen LogP contribution in [0.25, 0.3) is 0 Å². The average molecular weight is 267 g/mol. The van der Waals surface area contributed by atoms with Crippen molar-refractivity contribution in [2.75, 3.05) is 23.8 Å². The van der Waals surface area contributed by atoms with E-state index < -0.39 is 4.92 Å². The number of nitrogens with two attached hydrogens (primary N) is 1. The normalized spacial score (nSPS) is 22.8. The number of hydrogen-bond acceptors (Lipinski definition) is 7. The lowest BCUT2D eigenvalue weighted by molar-refractivity contribution is -0.385. The molecule has 1 aliphatic heterocycles. The van der Waals surface area contributed by atoms with Gasteiger partial charge in [-0.3, -0.25) is 10.1 Å². The van der Waals surface area contributed by atoms with Crippen LogP contribution >= 0.6 is 0 Å². The number of nitrogen functional groups attached to an aromatic ring is 1. The van der Waals surface area contributed by atoms with Crippen molar-refractivity contribution in [1.29, 1.82) is 0 Å². The maximum atomic E-state index is 11.2. The molecular formula is C11H17N5O3. The van der Waals surface area contributed by atoms with Crippen molar-refractivity contribution in [2.24, 2.45) is 5.92 Å². The van der Waals surface area contributed by atoms with Gasteiger partial charge in [-0.2, -0.15) is 4.98 Å². The summed E-state index contributed by atoms with van der Waals surface area (Å²) in [6.07, 6.45) is 0.853. The molecule has 0 radical (unpaired) electrons. The van der Waals surface area contributed by atoms with Crippen LogP contribution in [0.5, 0.6) is 0 Å². The van der Waals surface area contributed by atoms with Crippen molar-refractivity contribution in [3.63, 3.8) is 0 Å². The Morgan fingerprint density at radius 3 is 2.84 bits per heavy atom. The maximum Gasteiger partial charge on any atom is 0.332 e. The Morgan fingerprint density at radius 2 is 2.26 bits per heavy atom. The third-order valence-electron chi connectivity index (χ3n) is 3.58. The lowest BCUT2D eigenvalue weighted by Crippen LogP contribution is -2.36. The van der Waals surface area contributed by atoms with Crippen LogP contribution in [0.1, 0.15) is 19.0 Å². The smallest absolute Gasteiger partial charge is 0.332 e. The summed E-state index contributed by atoms with van der Waals surface area (Å²) in [4.78, 5) is 20.3. The van der Waals surface area contributed by atoms with E-state index >= 15 is 0 Å². The van der Waals surface area contributed by atoms with Crippen LogP contribution in [-0.2, 0) is 0 Å². The predicted octanol–water partition coefficient (Wildman–Crippen LogP) is 0.483. The standard InChI is InChI=1S/C11H17N5O3/c1-6-3-4-15(8(6)5-17)10-9(16(18)19)7(2)13-11(12)14-10/h6,8,17H,3-5H2,1-2H3,(H2,12,13,14). The summed E-state index contributed by atoms with van der Waals surface area (Å²) in [7, 11) is 0. The third kappa shape index (κ3) is 2.30. The van der Waals surface area contributed by atoms with Gasteiger partial charge in [0.1, 0.15) is 5.69 Å². The molecule has 2 rings (SSSR count). The zero-order valence-corrected chi connectivity index (χ0v) is 10.9. The number of anilines is 2. The minimum absolute atomic E-state index is 0.00865. The molecule has 1 saturated heterocycles. The number of hydrogen-bond donors (Lipinski definition) is 2. The van der Waals surface area contributed by atoms with Gasteiger partial charge in [0.05, 0.1) is 17.6 Å². The minimum atomic E-state index is -0.498. The fraction of sp³-hybridized carbons (Fsp3) is 0.636. The molecule has 1 aromatic rings. The highest BCUT2D eigenvalue weighted by Gasteiger charge is 2.36. The first-order valence-corrected chi connectivity index (χ1v) is 6.11. The number of aryl methyl sites for hydroxylation is 1. The fourth-order valence-electron chi connectivity index (χ4n) is 2.54. The van der Waals surface area contributed by atoms with E-state index in [9.17, 15) is 15.2 Å². The number of nitrogens with zero attached hydrogens (tertiary/aromatic N) is 4. The van der Waals surface area contributed by atoms with Crippen LogP contribution < -0.4 is 10.6 Å². The molecule has 8 heteroatoms. The first-order valence-electron chi connectivity index (χ1n) is 6.11. The molecule has 1 aromatic heterocycles. The van der Waals surface area contributed by atoms with Crippen LogP contribution in [0.2, 0.25) is 0 Å². The van der Waals surface area contributed by atoms with Crippen molar-refractivity contribution in [2.45, 2.75) is 26.3 Å². The van der Waals surface area contributed by atoms with E-state index in [1.807, 2.05) is 6.92 Å². The van der Waals surface area contributed by atoms with Crippen molar-refractivity contribution >= 4 is 17.5 Å². The van der Waals surface area contributed by atoms with E-state index in [1.165, 1.54) is 6.92 Å². The van der Waals surface area contributed by atoms with E-state index in [0.717, 1.165) is 6.42 Å². The van der Waals surface area contributed by atoms with Crippen molar-refractivity contribution in [3.05, 3.63) is 15.8 Å². The molecule has 19 heavy (non-hydrogen) atoms. The molecule has 0 saturated carbocycles. The van der Waals surface area contributed by atoms with Gasteiger partial charge in [0.25, 0.3) is 0 Å². The highest BCUT2D eigenvalue weighted by Crippen LogP contribution is 2.35. The van der Waals surface area contributed by atoms with E-state index in [1.54, 1.807) is 4.90 Å². The SMILES string of the molecule is Cc1nc(N)nc(N2CCC(C)C2CO)c1[N+](=O)[O-]. The number of aliphatic hydroxyl groups excluding tert-OH is 1. The van der Waals surface area contributed by atoms with E-state index in [2.05, 4.69) is 9.97 Å². The summed E-state index contributed by atoms with van der Waals surface area (Å²) in [5.74, 6) is 0.467. The van der Waals surface area contributed by atoms with Gasteiger partial charge in [0.15, 0.2) is 0 Å². The number of nitro groups is 1. The molecule has 1 aliphatic rings. The molecule has 1 fully saturated rings. The van der Waals surface area contributed by atoms with Gasteiger partial charge in [-0.15, -0.1) is 0 Å². The largest absolute Gasteiger partial charge is 0.394 e. The monoisotopic (exact) mass is 267 g/mol. The van der Waals surface area contributed by atoms with Crippen molar-refractivity contribution in [1.82, 2.24) is 9.97 Å². The molecule has 8 nitrogen and oxygen atoms in total. The Hall–Kier alpha value is -1.96. The molecule has 2 heterocycles. The summed E-state index contributed by atoms with van der Waals surface area (Å²) < 4.78 is 0. The minimum Gasteiger partial charge on any atom is -0.394 e. The molecular weight excluding hydrogens is 250 g/mol. The summed E-state index contributed by atoms with van der Waals surface area (Å²) in [6, 6.07) is -0.174. The van der Waals surface area contributed by atoms with E-state index in [-0.39, 0.29) is 41.7 Å². The molecule has 0 amide bonds. The molecule has 104 valence electrons. The van der Waals surface area contributed by atoms with Crippen LogP contribution in [0.3, 0.4) is 0 Å². The van der Waals surface area contributed by atoms with Crippen LogP contribution in [0.15, 0.2) is 0 Å². The quantitative estimate of drug-likeness (QED) is 0.604. The zero-order valence-electron chi connectivity index (χ0n) is 10.9. The molecule has 0 spiro atoms. The molecule has 0 aliphatic carbocycles. The summed E-state index contributed by atoms with van der Waals surface area (Å²) in [5.41, 5.74) is 5.69. The van der Waals surface area contributed by atoms with E-state index in [4.69, 9.17) is 5.73 Å². The van der Waals surface area contributed by atoms with Crippen molar-refractivity contribution in [3.8, 4) is 0 Å². The highest BCUT2D eigenvalue weighted by atomic mass is 16.6. The van der Waals surface area contributed by atoms with Gasteiger partial charge < -0.3 is 15.7 Å². The van der Waals surface area contributed by atoms with Crippen LogP contribution in [-0.4, -0.2) is 39.2 Å². The van der Waals surface area contributed by atoms with Crippen molar-refractivity contribution < 1.29 is 10.0 Å². The Kier molecular flexibility index (Phi) is 3.52. The van der Waals surface area contributed by atoms with E-state index in [0.29, 0.717) is 6.54 Å².